The van der Waals surface area contributed by atoms with Gasteiger partial charge in [-0.05, 0) is 18.6 Å². The predicted octanol–water partition coefficient (Wildman–Crippen LogP) is 0.386. The van der Waals surface area contributed by atoms with Crippen LogP contribution >= 0.6 is 0 Å². The first-order valence-electron chi connectivity index (χ1n) is 6.93. The number of nitrogens with zero attached hydrogens (tertiary/aromatic N) is 3. The fourth-order valence-corrected chi connectivity index (χ4v) is 5.02. The van der Waals surface area contributed by atoms with Crippen molar-refractivity contribution >= 4 is 19.9 Å². The molecule has 124 valence electrons. The maximum absolute atomic E-state index is 12.6. The van der Waals surface area contributed by atoms with Gasteiger partial charge in [0.2, 0.25) is 10.0 Å². The van der Waals surface area contributed by atoms with Crippen LogP contribution in [0.1, 0.15) is 18.0 Å². The third-order valence-corrected chi connectivity index (χ3v) is 6.84. The standard InChI is InChI=1S/C13H16N4O4S2/c1-22(18,19)12-8-15-16-13(12)10-4-6-17(9-10)23(20,21)11-3-2-5-14-7-11/h2-3,5,7-8,10H,4,6,9H2,1H3,(H,15,16)/t10-/m0/s1. The van der Waals surface area contributed by atoms with E-state index in [2.05, 4.69) is 15.2 Å². The predicted molar refractivity (Wildman–Crippen MR) is 82.1 cm³/mol. The molecular weight excluding hydrogens is 340 g/mol. The highest BCUT2D eigenvalue weighted by Crippen LogP contribution is 2.32. The van der Waals surface area contributed by atoms with E-state index >= 15 is 0 Å². The summed E-state index contributed by atoms with van der Waals surface area (Å²) >= 11 is 0. The zero-order valence-electron chi connectivity index (χ0n) is 12.4. The van der Waals surface area contributed by atoms with Crippen molar-refractivity contribution in [3.8, 4) is 0 Å². The van der Waals surface area contributed by atoms with Crippen molar-refractivity contribution < 1.29 is 16.8 Å². The molecule has 10 heteroatoms. The van der Waals surface area contributed by atoms with Gasteiger partial charge in [-0.25, -0.2) is 16.8 Å². The summed E-state index contributed by atoms with van der Waals surface area (Å²) in [6, 6.07) is 3.06. The molecule has 1 aliphatic heterocycles. The number of hydrogen-bond donors (Lipinski definition) is 1. The van der Waals surface area contributed by atoms with Gasteiger partial charge in [0.05, 0.1) is 11.9 Å². The third-order valence-electron chi connectivity index (χ3n) is 3.86. The summed E-state index contributed by atoms with van der Waals surface area (Å²) < 4.78 is 50.0. The normalized spacial score (nSPS) is 20.0. The molecule has 8 nitrogen and oxygen atoms in total. The number of pyridine rings is 1. The maximum atomic E-state index is 12.6. The number of rotatable bonds is 4. The fourth-order valence-electron chi connectivity index (χ4n) is 2.70. The summed E-state index contributed by atoms with van der Waals surface area (Å²) in [6.07, 6.45) is 5.73. The highest BCUT2D eigenvalue weighted by atomic mass is 32.2. The van der Waals surface area contributed by atoms with E-state index in [4.69, 9.17) is 0 Å². The zero-order chi connectivity index (χ0) is 16.7. The molecular formula is C13H16N4O4S2. The van der Waals surface area contributed by atoms with Gasteiger partial charge >= 0.3 is 0 Å². The van der Waals surface area contributed by atoms with Crippen LogP contribution < -0.4 is 0 Å². The Kier molecular flexibility index (Phi) is 3.98. The Morgan fingerprint density at radius 1 is 1.26 bits per heavy atom. The van der Waals surface area contributed by atoms with Crippen molar-refractivity contribution in [1.29, 1.82) is 0 Å². The Balaban J connectivity index is 1.87. The molecule has 0 radical (unpaired) electrons. The van der Waals surface area contributed by atoms with Gasteiger partial charge in [-0.1, -0.05) is 0 Å². The Morgan fingerprint density at radius 2 is 2.04 bits per heavy atom. The molecule has 23 heavy (non-hydrogen) atoms. The topological polar surface area (TPSA) is 113 Å². The van der Waals surface area contributed by atoms with Crippen molar-refractivity contribution in [2.45, 2.75) is 22.1 Å². The second-order valence-corrected chi connectivity index (χ2v) is 9.38. The highest BCUT2D eigenvalue weighted by molar-refractivity contribution is 7.90. The highest BCUT2D eigenvalue weighted by Gasteiger charge is 2.36. The van der Waals surface area contributed by atoms with E-state index in [0.717, 1.165) is 6.26 Å². The minimum Gasteiger partial charge on any atom is -0.281 e. The molecule has 1 aliphatic rings. The van der Waals surface area contributed by atoms with Gasteiger partial charge in [-0.3, -0.25) is 10.1 Å². The molecule has 0 unspecified atom stereocenters. The van der Waals surface area contributed by atoms with E-state index in [-0.39, 0.29) is 22.3 Å². The summed E-state index contributed by atoms with van der Waals surface area (Å²) in [7, 11) is -7.03. The zero-order valence-corrected chi connectivity index (χ0v) is 14.0. The lowest BCUT2D eigenvalue weighted by Crippen LogP contribution is -2.28. The summed E-state index contributed by atoms with van der Waals surface area (Å²) in [5.41, 5.74) is 0.469. The lowest BCUT2D eigenvalue weighted by Gasteiger charge is -2.16. The monoisotopic (exact) mass is 356 g/mol. The molecule has 0 aliphatic carbocycles. The number of sulfone groups is 1. The summed E-state index contributed by atoms with van der Waals surface area (Å²) in [5.74, 6) is -0.228. The first-order chi connectivity index (χ1) is 10.8. The van der Waals surface area contributed by atoms with Crippen LogP contribution in [-0.2, 0) is 19.9 Å². The van der Waals surface area contributed by atoms with Gasteiger partial charge in [0.25, 0.3) is 0 Å². The van der Waals surface area contributed by atoms with Gasteiger partial charge in [0, 0.05) is 37.7 Å². The maximum Gasteiger partial charge on any atom is 0.244 e. The lowest BCUT2D eigenvalue weighted by molar-refractivity contribution is 0.471. The fraction of sp³-hybridized carbons (Fsp3) is 0.385. The molecule has 0 spiro atoms. The molecule has 1 atom stereocenters. The Hall–Kier alpha value is -1.78. The number of aromatic amines is 1. The van der Waals surface area contributed by atoms with E-state index in [1.54, 1.807) is 6.07 Å². The summed E-state index contributed by atoms with van der Waals surface area (Å²) in [4.78, 5) is 4.10. The Bertz CT molecular complexity index is 906. The van der Waals surface area contributed by atoms with Gasteiger partial charge in [-0.15, -0.1) is 0 Å². The van der Waals surface area contributed by atoms with Crippen molar-refractivity contribution in [3.63, 3.8) is 0 Å². The Morgan fingerprint density at radius 3 is 2.70 bits per heavy atom. The molecule has 2 aromatic heterocycles. The number of aromatic nitrogens is 3. The molecule has 0 amide bonds. The van der Waals surface area contributed by atoms with E-state index in [9.17, 15) is 16.8 Å². The molecule has 1 fully saturated rings. The van der Waals surface area contributed by atoms with Crippen molar-refractivity contribution in [2.24, 2.45) is 0 Å². The molecule has 0 saturated carbocycles. The molecule has 1 saturated heterocycles. The van der Waals surface area contributed by atoms with Crippen LogP contribution in [0.5, 0.6) is 0 Å². The van der Waals surface area contributed by atoms with Gasteiger partial charge in [-0.2, -0.15) is 9.40 Å². The van der Waals surface area contributed by atoms with Crippen LogP contribution in [0.2, 0.25) is 0 Å². The van der Waals surface area contributed by atoms with Gasteiger partial charge in [0.1, 0.15) is 9.79 Å². The average molecular weight is 356 g/mol. The Labute approximate surface area is 134 Å². The number of sulfonamides is 1. The smallest absolute Gasteiger partial charge is 0.244 e. The number of nitrogens with one attached hydrogen (secondary N) is 1. The first-order valence-corrected chi connectivity index (χ1v) is 10.3. The SMILES string of the molecule is CS(=O)(=O)c1cn[nH]c1[C@H]1CCN(S(=O)(=O)c2cccnc2)C1. The summed E-state index contributed by atoms with van der Waals surface area (Å²) in [6.45, 7) is 0.534. The second-order valence-electron chi connectivity index (χ2n) is 5.46. The quantitative estimate of drug-likeness (QED) is 0.848. The largest absolute Gasteiger partial charge is 0.281 e. The third kappa shape index (κ3) is 3.01. The minimum absolute atomic E-state index is 0.128. The van der Waals surface area contributed by atoms with E-state index < -0.39 is 19.9 Å². The van der Waals surface area contributed by atoms with Crippen LogP contribution in [0.3, 0.4) is 0 Å². The van der Waals surface area contributed by atoms with Crippen LogP contribution in [-0.4, -0.2) is 55.7 Å². The number of H-pyrrole nitrogens is 1. The minimum atomic E-state index is -3.62. The summed E-state index contributed by atoms with van der Waals surface area (Å²) in [5, 5.41) is 6.50. The van der Waals surface area contributed by atoms with Gasteiger partial charge < -0.3 is 0 Å². The van der Waals surface area contributed by atoms with E-state index in [0.29, 0.717) is 18.7 Å². The van der Waals surface area contributed by atoms with Crippen LogP contribution in [0.4, 0.5) is 0 Å². The van der Waals surface area contributed by atoms with Crippen molar-refractivity contribution in [1.82, 2.24) is 19.5 Å². The molecule has 3 rings (SSSR count). The lowest BCUT2D eigenvalue weighted by atomic mass is 10.1. The first kappa shape index (κ1) is 16.1. The van der Waals surface area contributed by atoms with Gasteiger partial charge in [0.15, 0.2) is 9.84 Å². The van der Waals surface area contributed by atoms with E-state index in [1.807, 2.05) is 0 Å². The van der Waals surface area contributed by atoms with Crippen LogP contribution in [0, 0.1) is 0 Å². The molecule has 0 bridgehead atoms. The number of hydrogen-bond acceptors (Lipinski definition) is 6. The van der Waals surface area contributed by atoms with E-state index in [1.165, 1.54) is 29.0 Å². The second kappa shape index (κ2) is 5.69. The molecule has 3 heterocycles. The molecule has 2 aromatic rings. The average Bonchev–Trinajstić information content (AvgIpc) is 3.16. The van der Waals surface area contributed by atoms with Crippen LogP contribution in [0.15, 0.2) is 40.5 Å². The van der Waals surface area contributed by atoms with Crippen molar-refractivity contribution in [3.05, 3.63) is 36.4 Å². The van der Waals surface area contributed by atoms with Crippen molar-refractivity contribution in [2.75, 3.05) is 19.3 Å². The molecule has 1 N–H and O–H groups in total. The van der Waals surface area contributed by atoms with Crippen LogP contribution in [0.25, 0.3) is 0 Å². The molecule has 0 aromatic carbocycles.